The molecule has 1 aromatic heterocycles. The van der Waals surface area contributed by atoms with Gasteiger partial charge in [-0.3, -0.25) is 9.69 Å². The van der Waals surface area contributed by atoms with Crippen LogP contribution in [0.4, 0.5) is 0 Å². The van der Waals surface area contributed by atoms with Gasteiger partial charge in [0.05, 0.1) is 17.4 Å². The smallest absolute Gasteiger partial charge is 0.258 e. The van der Waals surface area contributed by atoms with Gasteiger partial charge in [-0.2, -0.15) is 0 Å². The van der Waals surface area contributed by atoms with Crippen molar-refractivity contribution in [1.29, 1.82) is 0 Å². The van der Waals surface area contributed by atoms with Crippen LogP contribution in [0, 0.1) is 0 Å². The highest BCUT2D eigenvalue weighted by Crippen LogP contribution is 2.35. The van der Waals surface area contributed by atoms with E-state index >= 15 is 0 Å². The van der Waals surface area contributed by atoms with Crippen LogP contribution in [0.2, 0.25) is 0 Å². The lowest BCUT2D eigenvalue weighted by Gasteiger charge is -2.24. The molecule has 0 unspecified atom stereocenters. The number of hydrogen-bond donors (Lipinski definition) is 1. The lowest BCUT2D eigenvalue weighted by atomic mass is 10.1. The van der Waals surface area contributed by atoms with Crippen molar-refractivity contribution in [2.24, 2.45) is 0 Å². The van der Waals surface area contributed by atoms with E-state index in [0.717, 1.165) is 24.2 Å². The number of fused-ring (bicyclic) bond motifs is 2. The van der Waals surface area contributed by atoms with Gasteiger partial charge in [-0.15, -0.1) is 0 Å². The molecule has 4 rings (SSSR count). The molecule has 116 valence electrons. The summed E-state index contributed by atoms with van der Waals surface area (Å²) in [5.74, 6) is 0.723. The van der Waals surface area contributed by atoms with E-state index in [1.165, 1.54) is 11.1 Å². The number of hydrogen-bond acceptors (Lipinski definition) is 3. The zero-order valence-corrected chi connectivity index (χ0v) is 13.1. The summed E-state index contributed by atoms with van der Waals surface area (Å²) in [7, 11) is 2.10. The first-order valence-corrected chi connectivity index (χ1v) is 7.98. The van der Waals surface area contributed by atoms with Crippen molar-refractivity contribution < 1.29 is 0 Å². The van der Waals surface area contributed by atoms with Crippen molar-refractivity contribution in [2.75, 3.05) is 7.05 Å². The fourth-order valence-electron chi connectivity index (χ4n) is 3.55. The second-order valence-corrected chi connectivity index (χ2v) is 6.20. The zero-order valence-electron chi connectivity index (χ0n) is 13.1. The summed E-state index contributed by atoms with van der Waals surface area (Å²) in [5, 5.41) is 0.644. The molecule has 0 fully saturated rings. The van der Waals surface area contributed by atoms with Crippen LogP contribution in [0.25, 0.3) is 10.9 Å². The lowest BCUT2D eigenvalue weighted by Crippen LogP contribution is -2.25. The third kappa shape index (κ3) is 2.55. The maximum Gasteiger partial charge on any atom is 0.258 e. The first-order valence-electron chi connectivity index (χ1n) is 7.98. The van der Waals surface area contributed by atoms with E-state index in [1.807, 2.05) is 24.3 Å². The SMILES string of the molecule is CN(Cc1nc2ccccc2c(=O)[nH]1)[C@H]1CCc2ccccc21. The van der Waals surface area contributed by atoms with Crippen LogP contribution in [0.1, 0.15) is 29.4 Å². The highest BCUT2D eigenvalue weighted by Gasteiger charge is 2.25. The number of nitrogens with one attached hydrogen (secondary N) is 1. The Morgan fingerprint density at radius 3 is 2.87 bits per heavy atom. The zero-order chi connectivity index (χ0) is 15.8. The van der Waals surface area contributed by atoms with Gasteiger partial charge in [0.1, 0.15) is 5.82 Å². The summed E-state index contributed by atoms with van der Waals surface area (Å²) in [6, 6.07) is 16.5. The first kappa shape index (κ1) is 14.2. The van der Waals surface area contributed by atoms with Crippen LogP contribution >= 0.6 is 0 Å². The van der Waals surface area contributed by atoms with Crippen LogP contribution in [-0.4, -0.2) is 21.9 Å². The Morgan fingerprint density at radius 2 is 1.96 bits per heavy atom. The van der Waals surface area contributed by atoms with E-state index in [2.05, 4.69) is 46.2 Å². The number of benzene rings is 2. The van der Waals surface area contributed by atoms with E-state index < -0.39 is 0 Å². The molecule has 4 nitrogen and oxygen atoms in total. The Morgan fingerprint density at radius 1 is 1.17 bits per heavy atom. The monoisotopic (exact) mass is 305 g/mol. The van der Waals surface area contributed by atoms with Gasteiger partial charge in [0.2, 0.25) is 0 Å². The van der Waals surface area contributed by atoms with Gasteiger partial charge in [0, 0.05) is 6.04 Å². The summed E-state index contributed by atoms with van der Waals surface area (Å²) in [6.07, 6.45) is 2.24. The van der Waals surface area contributed by atoms with Crippen molar-refractivity contribution in [2.45, 2.75) is 25.4 Å². The second kappa shape index (κ2) is 5.63. The van der Waals surface area contributed by atoms with Crippen LogP contribution < -0.4 is 5.56 Å². The molecule has 4 heteroatoms. The molecule has 1 heterocycles. The van der Waals surface area contributed by atoms with E-state index in [0.29, 0.717) is 18.0 Å². The van der Waals surface area contributed by atoms with Gasteiger partial charge in [-0.25, -0.2) is 4.98 Å². The average molecular weight is 305 g/mol. The van der Waals surface area contributed by atoms with Gasteiger partial charge in [-0.1, -0.05) is 36.4 Å². The fraction of sp³-hybridized carbons (Fsp3) is 0.263. The van der Waals surface area contributed by atoms with Crippen LogP contribution in [0.3, 0.4) is 0 Å². The normalized spacial score (nSPS) is 16.9. The predicted molar refractivity (Wildman–Crippen MR) is 91.3 cm³/mol. The molecule has 1 aliphatic carbocycles. The third-order valence-corrected chi connectivity index (χ3v) is 4.69. The lowest BCUT2D eigenvalue weighted by molar-refractivity contribution is 0.230. The van der Waals surface area contributed by atoms with Crippen molar-refractivity contribution in [3.05, 3.63) is 75.8 Å². The Balaban J connectivity index is 1.62. The molecule has 0 amide bonds. The number of aromatic amines is 1. The standard InChI is InChI=1S/C19H19N3O/c1-22(17-11-10-13-6-2-3-7-14(13)17)12-18-20-16-9-5-4-8-15(16)19(23)21-18/h2-9,17H,10-12H2,1H3,(H,20,21,23)/t17-/m0/s1. The maximum absolute atomic E-state index is 12.2. The quantitative estimate of drug-likeness (QED) is 0.809. The van der Waals surface area contributed by atoms with E-state index in [1.54, 1.807) is 0 Å². The Kier molecular flexibility index (Phi) is 3.46. The summed E-state index contributed by atoms with van der Waals surface area (Å²) >= 11 is 0. The average Bonchev–Trinajstić information content (AvgIpc) is 2.99. The number of para-hydroxylation sites is 1. The van der Waals surface area contributed by atoms with Crippen molar-refractivity contribution in [1.82, 2.24) is 14.9 Å². The summed E-state index contributed by atoms with van der Waals surface area (Å²) in [5.41, 5.74) is 3.53. The van der Waals surface area contributed by atoms with Crippen molar-refractivity contribution in [3.8, 4) is 0 Å². The van der Waals surface area contributed by atoms with Crippen molar-refractivity contribution in [3.63, 3.8) is 0 Å². The molecule has 1 N–H and O–H groups in total. The molecule has 1 atom stereocenters. The Labute approximate surface area is 134 Å². The Hall–Kier alpha value is -2.46. The van der Waals surface area contributed by atoms with Gasteiger partial charge < -0.3 is 4.98 Å². The molecule has 23 heavy (non-hydrogen) atoms. The molecule has 0 radical (unpaired) electrons. The highest BCUT2D eigenvalue weighted by molar-refractivity contribution is 5.77. The molecule has 0 bridgehead atoms. The topological polar surface area (TPSA) is 49.0 Å². The van der Waals surface area contributed by atoms with Gasteiger partial charge >= 0.3 is 0 Å². The minimum absolute atomic E-state index is 0.0641. The molecule has 0 saturated heterocycles. The molecular weight excluding hydrogens is 286 g/mol. The minimum atomic E-state index is -0.0641. The number of aryl methyl sites for hydroxylation is 1. The van der Waals surface area contributed by atoms with Gasteiger partial charge in [0.25, 0.3) is 5.56 Å². The maximum atomic E-state index is 12.2. The Bertz CT molecular complexity index is 916. The fourth-order valence-corrected chi connectivity index (χ4v) is 3.55. The number of rotatable bonds is 3. The summed E-state index contributed by atoms with van der Waals surface area (Å²) < 4.78 is 0. The molecule has 0 spiro atoms. The second-order valence-electron chi connectivity index (χ2n) is 6.20. The molecule has 0 aliphatic heterocycles. The summed E-state index contributed by atoms with van der Waals surface area (Å²) in [6.45, 7) is 0.638. The predicted octanol–water partition coefficient (Wildman–Crippen LogP) is 3.04. The largest absolute Gasteiger partial charge is 0.309 e. The van der Waals surface area contributed by atoms with Crippen LogP contribution in [0.5, 0.6) is 0 Å². The van der Waals surface area contributed by atoms with E-state index in [9.17, 15) is 4.79 Å². The minimum Gasteiger partial charge on any atom is -0.309 e. The number of H-pyrrole nitrogens is 1. The van der Waals surface area contributed by atoms with Gasteiger partial charge in [-0.05, 0) is 43.1 Å². The summed E-state index contributed by atoms with van der Waals surface area (Å²) in [4.78, 5) is 22.0. The molecule has 0 saturated carbocycles. The first-order chi connectivity index (χ1) is 11.2. The van der Waals surface area contributed by atoms with E-state index in [4.69, 9.17) is 0 Å². The molecule has 1 aliphatic rings. The molecule has 2 aromatic carbocycles. The van der Waals surface area contributed by atoms with E-state index in [-0.39, 0.29) is 5.56 Å². The number of aromatic nitrogens is 2. The van der Waals surface area contributed by atoms with Crippen LogP contribution in [-0.2, 0) is 13.0 Å². The van der Waals surface area contributed by atoms with Gasteiger partial charge in [0.15, 0.2) is 0 Å². The highest BCUT2D eigenvalue weighted by atomic mass is 16.1. The molecule has 3 aromatic rings. The van der Waals surface area contributed by atoms with Crippen molar-refractivity contribution >= 4 is 10.9 Å². The third-order valence-electron chi connectivity index (χ3n) is 4.69. The van der Waals surface area contributed by atoms with Crippen LogP contribution in [0.15, 0.2) is 53.3 Å². The molecular formula is C19H19N3O. The number of nitrogens with zero attached hydrogens (tertiary/aromatic N) is 2.